The molecule has 2 aliphatic heterocycles. The van der Waals surface area contributed by atoms with E-state index in [0.717, 1.165) is 0 Å². The van der Waals surface area contributed by atoms with Crippen LogP contribution in [0, 0.1) is 0 Å². The van der Waals surface area contributed by atoms with Crippen molar-refractivity contribution in [3.8, 4) is 23.0 Å². The molecule has 0 saturated carbocycles. The van der Waals surface area contributed by atoms with Crippen LogP contribution in [-0.2, 0) is 19.5 Å². The quantitative estimate of drug-likeness (QED) is 0.254. The van der Waals surface area contributed by atoms with Crippen molar-refractivity contribution in [1.82, 2.24) is 6.15 Å². The van der Waals surface area contributed by atoms with Gasteiger partial charge in [0, 0.05) is 28.8 Å². The normalized spacial score (nSPS) is 15.2. The molecule has 0 unspecified atom stereocenters. The van der Waals surface area contributed by atoms with E-state index in [1.54, 1.807) is 24.3 Å². The minimum Gasteiger partial charge on any atom is -0.456 e. The van der Waals surface area contributed by atoms with Crippen LogP contribution in [0.15, 0.2) is 60.7 Å². The molecular weight excluding hydrogens is 492 g/mol. The smallest absolute Gasteiger partial charge is 0.456 e. The lowest BCUT2D eigenvalue weighted by Gasteiger charge is -2.36. The Bertz CT molecular complexity index is 1340. The molecule has 2 heterocycles. The predicted octanol–water partition coefficient (Wildman–Crippen LogP) is 3.36. The van der Waals surface area contributed by atoms with Gasteiger partial charge in [-0.2, -0.15) is 0 Å². The number of carbonyl (C=O) groups excluding carboxylic acids is 1. The monoisotopic (exact) mass is 509 g/mol. The summed E-state index contributed by atoms with van der Waals surface area (Å²) < 4.78 is 43.6. The first kappa shape index (κ1) is 23.9. The van der Waals surface area contributed by atoms with Crippen molar-refractivity contribution in [3.63, 3.8) is 0 Å². The topological polar surface area (TPSA) is 204 Å². The summed E-state index contributed by atoms with van der Waals surface area (Å²) in [4.78, 5) is 49.3. The zero-order valence-electron chi connectivity index (χ0n) is 17.0. The predicted molar refractivity (Wildman–Crippen MR) is 115 cm³/mol. The summed E-state index contributed by atoms with van der Waals surface area (Å²) in [6.45, 7) is 0. The maximum atomic E-state index is 12.7. The highest BCUT2D eigenvalue weighted by atomic mass is 31.2. The molecule has 0 radical (unpaired) electrons. The van der Waals surface area contributed by atoms with Crippen molar-refractivity contribution in [1.29, 1.82) is 0 Å². The Hall–Kier alpha value is -3.21. The van der Waals surface area contributed by atoms with Crippen molar-refractivity contribution < 1.29 is 52.0 Å². The minimum atomic E-state index is -4.87. The van der Waals surface area contributed by atoms with E-state index in [-0.39, 0.29) is 29.1 Å². The van der Waals surface area contributed by atoms with Crippen LogP contribution in [0.4, 0.5) is 0 Å². The number of hydrogen-bond donors (Lipinski definition) is 5. The van der Waals surface area contributed by atoms with E-state index in [4.69, 9.17) is 29.0 Å². The molecule has 0 fully saturated rings. The molecule has 178 valence electrons. The molecule has 3 aromatic carbocycles. The van der Waals surface area contributed by atoms with Gasteiger partial charge in [0.05, 0.1) is 5.56 Å². The van der Waals surface area contributed by atoms with Crippen molar-refractivity contribution in [3.05, 3.63) is 82.9 Å². The van der Waals surface area contributed by atoms with E-state index >= 15 is 0 Å². The molecule has 0 saturated heterocycles. The second-order valence-electron chi connectivity index (χ2n) is 7.20. The van der Waals surface area contributed by atoms with E-state index in [9.17, 15) is 13.9 Å². The summed E-state index contributed by atoms with van der Waals surface area (Å²) in [7, 11) is -9.73. The van der Waals surface area contributed by atoms with E-state index < -0.39 is 27.2 Å². The maximum Gasteiger partial charge on any atom is 0.524 e. The third kappa shape index (κ3) is 3.97. The molecule has 1 spiro atoms. The van der Waals surface area contributed by atoms with E-state index in [1.165, 1.54) is 36.4 Å². The average molecular weight is 509 g/mol. The fourth-order valence-electron chi connectivity index (χ4n) is 4.02. The van der Waals surface area contributed by atoms with Gasteiger partial charge in [0.15, 0.2) is 5.60 Å². The van der Waals surface area contributed by atoms with Crippen LogP contribution in [-0.4, -0.2) is 25.5 Å². The van der Waals surface area contributed by atoms with Crippen LogP contribution in [0.2, 0.25) is 0 Å². The Balaban J connectivity index is 0.00000274. The average Bonchev–Trinajstić information content (AvgIpc) is 2.99. The Morgan fingerprint density at radius 1 is 0.735 bits per heavy atom. The molecule has 5 rings (SSSR count). The Morgan fingerprint density at radius 3 is 1.74 bits per heavy atom. The first-order valence-electron chi connectivity index (χ1n) is 9.26. The standard InChI is InChI=1S/C20H14O11P2.H3N/c21-19-13-3-1-2-4-14(13)20(29-19)15-7-5-11(30-32(22,23)24)9-17(15)28-18-10-12(6-8-16(18)20)31-33(25,26)27;/h1-10H,(H2,22,23,24)(H2,25,26,27);1H3. The first-order valence-corrected chi connectivity index (χ1v) is 12.3. The van der Waals surface area contributed by atoms with Crippen molar-refractivity contribution in [2.24, 2.45) is 0 Å². The first-order chi connectivity index (χ1) is 15.5. The Morgan fingerprint density at radius 2 is 1.24 bits per heavy atom. The van der Waals surface area contributed by atoms with Crippen LogP contribution >= 0.6 is 15.6 Å². The largest absolute Gasteiger partial charge is 0.524 e. The van der Waals surface area contributed by atoms with Gasteiger partial charge in [-0.25, -0.2) is 13.9 Å². The number of hydrogen-bond acceptors (Lipinski definition) is 8. The molecule has 34 heavy (non-hydrogen) atoms. The molecule has 3 aromatic rings. The summed E-state index contributed by atoms with van der Waals surface area (Å²) >= 11 is 0. The summed E-state index contributed by atoms with van der Waals surface area (Å²) in [5.41, 5.74) is 0.0262. The fourth-order valence-corrected chi connectivity index (χ4v) is 4.80. The van der Waals surface area contributed by atoms with Crippen LogP contribution in [0.3, 0.4) is 0 Å². The number of phosphoric acid groups is 2. The van der Waals surface area contributed by atoms with Gasteiger partial charge >= 0.3 is 21.6 Å². The Labute approximate surface area is 191 Å². The number of carbonyl (C=O) groups is 1. The highest BCUT2D eigenvalue weighted by Gasteiger charge is 2.53. The minimum absolute atomic E-state index is 0. The highest BCUT2D eigenvalue weighted by Crippen LogP contribution is 2.57. The van der Waals surface area contributed by atoms with Gasteiger partial charge in [0.25, 0.3) is 0 Å². The number of rotatable bonds is 4. The lowest BCUT2D eigenvalue weighted by Crippen LogP contribution is -2.33. The summed E-state index contributed by atoms with van der Waals surface area (Å²) in [6, 6.07) is 14.6. The fraction of sp³-hybridized carbons (Fsp3) is 0.0500. The van der Waals surface area contributed by atoms with Gasteiger partial charge < -0.3 is 24.7 Å². The summed E-state index contributed by atoms with van der Waals surface area (Å²) in [6.07, 6.45) is 0. The molecule has 12 nitrogen and oxygen atoms in total. The molecule has 7 N–H and O–H groups in total. The second kappa shape index (κ2) is 7.93. The molecule has 0 bridgehead atoms. The number of esters is 1. The zero-order chi connectivity index (χ0) is 23.6. The van der Waals surface area contributed by atoms with Crippen molar-refractivity contribution in [2.45, 2.75) is 5.60 Å². The van der Waals surface area contributed by atoms with E-state index in [2.05, 4.69) is 9.05 Å². The third-order valence-corrected chi connectivity index (χ3v) is 6.00. The zero-order valence-corrected chi connectivity index (χ0v) is 18.8. The van der Waals surface area contributed by atoms with E-state index in [0.29, 0.717) is 22.3 Å². The summed E-state index contributed by atoms with van der Waals surface area (Å²) in [5, 5.41) is 0. The van der Waals surface area contributed by atoms with Crippen LogP contribution < -0.4 is 19.9 Å². The maximum absolute atomic E-state index is 12.7. The number of ether oxygens (including phenoxy) is 2. The lowest BCUT2D eigenvalue weighted by atomic mass is 9.77. The molecular formula is C20H17NO11P2. The molecule has 0 amide bonds. The number of benzene rings is 3. The van der Waals surface area contributed by atoms with Gasteiger partial charge in [0.2, 0.25) is 0 Å². The Kier molecular flexibility index (Phi) is 5.58. The van der Waals surface area contributed by atoms with Crippen LogP contribution in [0.5, 0.6) is 23.0 Å². The summed E-state index contributed by atoms with van der Waals surface area (Å²) in [5.74, 6) is -0.921. The third-order valence-electron chi connectivity index (χ3n) is 5.11. The molecule has 0 aliphatic carbocycles. The second-order valence-corrected chi connectivity index (χ2v) is 9.53. The number of fused-ring (bicyclic) bond motifs is 6. The van der Waals surface area contributed by atoms with Gasteiger partial charge in [-0.1, -0.05) is 18.2 Å². The van der Waals surface area contributed by atoms with Crippen molar-refractivity contribution in [2.75, 3.05) is 0 Å². The molecule has 2 aliphatic rings. The molecule has 0 aromatic heterocycles. The lowest BCUT2D eigenvalue weighted by molar-refractivity contribution is 0.0224. The van der Waals surface area contributed by atoms with Gasteiger partial charge in [0.1, 0.15) is 23.0 Å². The van der Waals surface area contributed by atoms with Gasteiger partial charge in [-0.3, -0.25) is 19.6 Å². The number of phosphoric ester groups is 2. The highest BCUT2D eigenvalue weighted by molar-refractivity contribution is 7.47. The van der Waals surface area contributed by atoms with E-state index in [1.807, 2.05) is 0 Å². The SMILES string of the molecule is N.O=C1OC2(c3ccc(OP(=O)(O)O)cc3Oc3cc(OP(=O)(O)O)ccc32)c2ccccc21. The van der Waals surface area contributed by atoms with Gasteiger partial charge in [-0.05, 0) is 30.3 Å². The van der Waals surface area contributed by atoms with Crippen LogP contribution in [0.1, 0.15) is 27.0 Å². The van der Waals surface area contributed by atoms with Crippen LogP contribution in [0.25, 0.3) is 0 Å². The van der Waals surface area contributed by atoms with Gasteiger partial charge in [-0.15, -0.1) is 0 Å². The molecule has 0 atom stereocenters. The molecule has 14 heteroatoms. The van der Waals surface area contributed by atoms with Crippen molar-refractivity contribution >= 4 is 21.6 Å².